The van der Waals surface area contributed by atoms with Gasteiger partial charge in [0.25, 0.3) is 0 Å². The Labute approximate surface area is 65.9 Å². The van der Waals surface area contributed by atoms with E-state index in [2.05, 4.69) is 32.6 Å². The van der Waals surface area contributed by atoms with Crippen LogP contribution >= 0.6 is 0 Å². The van der Waals surface area contributed by atoms with Gasteiger partial charge >= 0.3 is 60.3 Å². The van der Waals surface area contributed by atoms with Gasteiger partial charge in [0.05, 0.1) is 0 Å². The van der Waals surface area contributed by atoms with Crippen molar-refractivity contribution in [3.05, 3.63) is 0 Å². The molecule has 0 saturated heterocycles. The van der Waals surface area contributed by atoms with E-state index in [1.807, 2.05) is 0 Å². The number of hydrogen-bond donors (Lipinski definition) is 0. The molecule has 0 atom stereocenters. The fourth-order valence-corrected chi connectivity index (χ4v) is 3.56. The largest absolute Gasteiger partial charge is 0.412 e. The molecule has 1 radical (unpaired) electrons. The molecule has 0 aromatic rings. The van der Waals surface area contributed by atoms with E-state index in [9.17, 15) is 0 Å². The molecule has 57 valence electrons. The quantitative estimate of drug-likeness (QED) is 0.626. The summed E-state index contributed by atoms with van der Waals surface area (Å²) in [6.45, 7) is 9.47. The van der Waals surface area contributed by atoms with E-state index in [1.165, 1.54) is 4.44 Å². The average Bonchev–Trinajstić information content (AvgIpc) is 1.62. The van der Waals surface area contributed by atoms with Crippen LogP contribution in [0.3, 0.4) is 0 Å². The molecule has 1 nitrogen and oxygen atoms in total. The maximum absolute atomic E-state index is 2.50. The topological polar surface area (TPSA) is 31.5 Å². The molecule has 0 saturated carbocycles. The van der Waals surface area contributed by atoms with Crippen molar-refractivity contribution in [2.45, 2.75) is 40.5 Å². The average molecular weight is 238 g/mol. The molecular weight excluding hydrogens is 219 g/mol. The Kier molecular flexibility index (Phi) is 6.29. The van der Waals surface area contributed by atoms with E-state index < -0.39 is 19.8 Å². The van der Waals surface area contributed by atoms with E-state index >= 15 is 0 Å². The van der Waals surface area contributed by atoms with Crippen LogP contribution in [-0.4, -0.2) is 25.2 Å². The summed E-state index contributed by atoms with van der Waals surface area (Å²) in [5.74, 6) is 0. The number of hydrogen-bond acceptors (Lipinski definition) is 0. The van der Waals surface area contributed by atoms with E-state index in [0.717, 1.165) is 0 Å². The molecule has 0 aromatic heterocycles. The predicted octanol–water partition coefficient (Wildman–Crippen LogP) is 2.11. The smallest absolute Gasteiger partial charge is 0.412 e. The van der Waals surface area contributed by atoms with Gasteiger partial charge in [-0.3, -0.25) is 0 Å². The molecule has 0 bridgehead atoms. The first-order valence-corrected chi connectivity index (χ1v) is 9.61. The number of rotatable bonds is 1. The molecular formula is C7H19OSn. The van der Waals surface area contributed by atoms with Crippen LogP contribution in [0.25, 0.3) is 0 Å². The molecule has 0 rings (SSSR count). The minimum absolute atomic E-state index is 0. The summed E-state index contributed by atoms with van der Waals surface area (Å²) >= 11 is -0.877. The Bertz CT molecular complexity index is 65.8. The second-order valence-corrected chi connectivity index (χ2v) is 14.1. The van der Waals surface area contributed by atoms with Crippen molar-refractivity contribution in [2.75, 3.05) is 0 Å². The Balaban J connectivity index is 0. The van der Waals surface area contributed by atoms with E-state index in [0.29, 0.717) is 3.43 Å². The molecule has 0 heterocycles. The van der Waals surface area contributed by atoms with Crippen LogP contribution in [0.4, 0.5) is 0 Å². The molecule has 0 aliphatic carbocycles. The van der Waals surface area contributed by atoms with Crippen molar-refractivity contribution in [1.29, 1.82) is 0 Å². The first kappa shape index (κ1) is 12.4. The summed E-state index contributed by atoms with van der Waals surface area (Å²) in [4.78, 5) is 2.50. The molecule has 0 fully saturated rings. The van der Waals surface area contributed by atoms with Crippen LogP contribution in [-0.2, 0) is 0 Å². The zero-order valence-corrected chi connectivity index (χ0v) is 10.1. The third-order valence-corrected chi connectivity index (χ3v) is 12.1. The molecule has 0 amide bonds. The minimum Gasteiger partial charge on any atom is -0.412 e. The summed E-state index contributed by atoms with van der Waals surface area (Å²) in [5, 5.41) is 0. The van der Waals surface area contributed by atoms with Crippen LogP contribution in [0, 0.1) is 0 Å². The molecule has 2 heteroatoms. The summed E-state index contributed by atoms with van der Waals surface area (Å²) < 4.78 is 2.20. The minimum atomic E-state index is -0.877. The standard InChI is InChI=1S/C4H9.C2H5.CH3.H2O.Sn/c1-4(2)3;1-2;;;/h1-3H3;1H2,2H3;1H3;1H2;. The van der Waals surface area contributed by atoms with Crippen LogP contribution < -0.4 is 0 Å². The van der Waals surface area contributed by atoms with E-state index in [1.54, 1.807) is 0 Å². The van der Waals surface area contributed by atoms with Crippen molar-refractivity contribution in [2.24, 2.45) is 0 Å². The van der Waals surface area contributed by atoms with Gasteiger partial charge < -0.3 is 5.48 Å². The SMILES string of the molecule is C[CH2][Sn]([CH3])[C](C)(C)C.O. The fourth-order valence-electron chi connectivity index (χ4n) is 0.530. The van der Waals surface area contributed by atoms with Gasteiger partial charge in [0.1, 0.15) is 0 Å². The maximum Gasteiger partial charge on any atom is -0.412 e. The van der Waals surface area contributed by atoms with Crippen molar-refractivity contribution in [3.63, 3.8) is 0 Å². The fraction of sp³-hybridized carbons (Fsp3) is 1.00. The second-order valence-electron chi connectivity index (χ2n) is 3.38. The zero-order valence-electron chi connectivity index (χ0n) is 7.21. The Hall–Kier alpha value is 0.759. The molecule has 0 aromatic carbocycles. The Morgan fingerprint density at radius 2 is 1.56 bits per heavy atom. The van der Waals surface area contributed by atoms with E-state index in [4.69, 9.17) is 0 Å². The van der Waals surface area contributed by atoms with Crippen LogP contribution in [0.15, 0.2) is 0 Å². The van der Waals surface area contributed by atoms with Crippen molar-refractivity contribution in [3.8, 4) is 0 Å². The molecule has 2 N–H and O–H groups in total. The predicted molar refractivity (Wildman–Crippen MR) is 45.4 cm³/mol. The molecule has 0 unspecified atom stereocenters. The van der Waals surface area contributed by atoms with Gasteiger partial charge in [-0.25, -0.2) is 0 Å². The molecule has 0 spiro atoms. The molecule has 9 heavy (non-hydrogen) atoms. The third kappa shape index (κ3) is 5.22. The van der Waals surface area contributed by atoms with Gasteiger partial charge in [-0.2, -0.15) is 0 Å². The van der Waals surface area contributed by atoms with Gasteiger partial charge in [-0.1, -0.05) is 0 Å². The molecule has 0 aliphatic rings. The van der Waals surface area contributed by atoms with Gasteiger partial charge in [-0.05, 0) is 0 Å². The summed E-state index contributed by atoms with van der Waals surface area (Å²) in [7, 11) is 0. The van der Waals surface area contributed by atoms with Crippen molar-refractivity contribution < 1.29 is 5.48 Å². The zero-order chi connectivity index (χ0) is 6.78. The third-order valence-electron chi connectivity index (χ3n) is 1.81. The van der Waals surface area contributed by atoms with Gasteiger partial charge in [0.15, 0.2) is 0 Å². The van der Waals surface area contributed by atoms with E-state index in [-0.39, 0.29) is 5.48 Å². The van der Waals surface area contributed by atoms with Crippen molar-refractivity contribution in [1.82, 2.24) is 0 Å². The van der Waals surface area contributed by atoms with Crippen LogP contribution in [0.5, 0.6) is 0 Å². The van der Waals surface area contributed by atoms with Gasteiger partial charge in [-0.15, -0.1) is 0 Å². The van der Waals surface area contributed by atoms with Gasteiger partial charge in [0, 0.05) is 0 Å². The Morgan fingerprint density at radius 1 is 1.22 bits per heavy atom. The first-order valence-electron chi connectivity index (χ1n) is 3.31. The van der Waals surface area contributed by atoms with Crippen molar-refractivity contribution >= 4 is 19.8 Å². The summed E-state index contributed by atoms with van der Waals surface area (Å²) in [5.41, 5.74) is 0. The van der Waals surface area contributed by atoms with Crippen LogP contribution in [0.1, 0.15) is 27.7 Å². The summed E-state index contributed by atoms with van der Waals surface area (Å²) in [6, 6.07) is 0. The molecule has 0 aliphatic heterocycles. The maximum atomic E-state index is 2.50. The van der Waals surface area contributed by atoms with Crippen LogP contribution in [0.2, 0.25) is 12.8 Å². The Morgan fingerprint density at radius 3 is 1.56 bits per heavy atom. The first-order chi connectivity index (χ1) is 3.48. The monoisotopic (exact) mass is 239 g/mol. The second kappa shape index (κ2) is 4.56. The normalized spacial score (nSPS) is 11.3. The van der Waals surface area contributed by atoms with Gasteiger partial charge in [0.2, 0.25) is 0 Å². The summed E-state index contributed by atoms with van der Waals surface area (Å²) in [6.07, 6.45) is 0.